The number of hydrogen-bond acceptors (Lipinski definition) is 2. The van der Waals surface area contributed by atoms with Gasteiger partial charge in [-0.25, -0.2) is 0 Å². The van der Waals surface area contributed by atoms with E-state index in [9.17, 15) is 0 Å². The first-order chi connectivity index (χ1) is 10.1. The van der Waals surface area contributed by atoms with Crippen LogP contribution >= 0.6 is 15.9 Å². The standard InChI is InChI=1S/C18H22BrNO/c1-13(2)11-17(14-7-5-4-6-8-14)20-15-9-10-18(21-3)16(19)12-15/h4-10,12-13,17,20H,11H2,1-3H3. The second-order valence-electron chi connectivity index (χ2n) is 5.59. The quantitative estimate of drug-likeness (QED) is 0.728. The van der Waals surface area contributed by atoms with E-state index in [1.54, 1.807) is 7.11 Å². The molecule has 0 aliphatic heterocycles. The molecule has 0 radical (unpaired) electrons. The molecule has 112 valence electrons. The van der Waals surface area contributed by atoms with E-state index in [2.05, 4.69) is 77.6 Å². The molecule has 0 aliphatic carbocycles. The Morgan fingerprint density at radius 1 is 1.10 bits per heavy atom. The molecule has 2 nitrogen and oxygen atoms in total. The van der Waals surface area contributed by atoms with Gasteiger partial charge < -0.3 is 10.1 Å². The molecule has 0 fully saturated rings. The predicted octanol–water partition coefficient (Wildman–Crippen LogP) is 5.66. The zero-order valence-corrected chi connectivity index (χ0v) is 14.4. The molecule has 2 aromatic carbocycles. The highest BCUT2D eigenvalue weighted by molar-refractivity contribution is 9.10. The van der Waals surface area contributed by atoms with Crippen molar-refractivity contribution < 1.29 is 4.74 Å². The van der Waals surface area contributed by atoms with E-state index < -0.39 is 0 Å². The second-order valence-corrected chi connectivity index (χ2v) is 6.44. The van der Waals surface area contributed by atoms with Gasteiger partial charge in [-0.1, -0.05) is 44.2 Å². The van der Waals surface area contributed by atoms with E-state index in [4.69, 9.17) is 4.74 Å². The van der Waals surface area contributed by atoms with Gasteiger partial charge in [0.15, 0.2) is 0 Å². The average Bonchev–Trinajstić information content (AvgIpc) is 2.47. The van der Waals surface area contributed by atoms with Crippen molar-refractivity contribution in [1.29, 1.82) is 0 Å². The van der Waals surface area contributed by atoms with Gasteiger partial charge in [-0.2, -0.15) is 0 Å². The second kappa shape index (κ2) is 7.51. The number of ether oxygens (including phenoxy) is 1. The summed E-state index contributed by atoms with van der Waals surface area (Å²) in [5.41, 5.74) is 2.41. The summed E-state index contributed by atoms with van der Waals surface area (Å²) in [6, 6.07) is 17.0. The van der Waals surface area contributed by atoms with Gasteiger partial charge in [0.1, 0.15) is 5.75 Å². The van der Waals surface area contributed by atoms with Gasteiger partial charge in [0.25, 0.3) is 0 Å². The Balaban J connectivity index is 2.21. The van der Waals surface area contributed by atoms with Crippen molar-refractivity contribution in [1.82, 2.24) is 0 Å². The van der Waals surface area contributed by atoms with Crippen molar-refractivity contribution in [2.45, 2.75) is 26.3 Å². The molecule has 2 aromatic rings. The van der Waals surface area contributed by atoms with E-state index in [0.717, 1.165) is 22.3 Å². The molecule has 0 heterocycles. The van der Waals surface area contributed by atoms with E-state index in [0.29, 0.717) is 12.0 Å². The summed E-state index contributed by atoms with van der Waals surface area (Å²) in [7, 11) is 1.68. The minimum absolute atomic E-state index is 0.312. The molecule has 1 atom stereocenters. The molecule has 0 aromatic heterocycles. The Labute approximate surface area is 135 Å². The Kier molecular flexibility index (Phi) is 5.68. The average molecular weight is 348 g/mol. The summed E-state index contributed by atoms with van der Waals surface area (Å²) in [5, 5.41) is 3.63. The third-order valence-electron chi connectivity index (χ3n) is 3.40. The van der Waals surface area contributed by atoms with Crippen LogP contribution in [0.25, 0.3) is 0 Å². The Morgan fingerprint density at radius 2 is 1.81 bits per heavy atom. The number of nitrogens with one attached hydrogen (secondary N) is 1. The third kappa shape index (κ3) is 4.50. The smallest absolute Gasteiger partial charge is 0.133 e. The first-order valence-electron chi connectivity index (χ1n) is 7.25. The van der Waals surface area contributed by atoms with Crippen LogP contribution in [0.2, 0.25) is 0 Å². The molecular weight excluding hydrogens is 326 g/mol. The highest BCUT2D eigenvalue weighted by Gasteiger charge is 2.13. The molecule has 3 heteroatoms. The molecule has 0 bridgehead atoms. The van der Waals surface area contributed by atoms with Crippen LogP contribution in [0.3, 0.4) is 0 Å². The molecule has 1 N–H and O–H groups in total. The molecule has 1 unspecified atom stereocenters. The number of benzene rings is 2. The van der Waals surface area contributed by atoms with Crippen molar-refractivity contribution >= 4 is 21.6 Å². The van der Waals surface area contributed by atoms with Crippen LogP contribution < -0.4 is 10.1 Å². The first-order valence-corrected chi connectivity index (χ1v) is 8.04. The highest BCUT2D eigenvalue weighted by Crippen LogP contribution is 2.31. The SMILES string of the molecule is COc1ccc(NC(CC(C)C)c2ccccc2)cc1Br. The van der Waals surface area contributed by atoms with Gasteiger partial charge in [0, 0.05) is 5.69 Å². The van der Waals surface area contributed by atoms with Crippen LogP contribution in [0.1, 0.15) is 31.9 Å². The predicted molar refractivity (Wildman–Crippen MR) is 93.0 cm³/mol. The largest absolute Gasteiger partial charge is 0.496 e. The zero-order valence-electron chi connectivity index (χ0n) is 12.8. The molecule has 0 aliphatic rings. The number of anilines is 1. The van der Waals surface area contributed by atoms with Crippen molar-refractivity contribution in [2.24, 2.45) is 5.92 Å². The van der Waals surface area contributed by atoms with Crippen LogP contribution in [0, 0.1) is 5.92 Å². The normalized spacial score (nSPS) is 12.2. The van der Waals surface area contributed by atoms with Crippen LogP contribution in [-0.4, -0.2) is 7.11 Å². The lowest BCUT2D eigenvalue weighted by atomic mass is 9.97. The summed E-state index contributed by atoms with van der Waals surface area (Å²) in [5.74, 6) is 1.48. The maximum absolute atomic E-state index is 5.28. The molecule has 0 saturated carbocycles. The molecule has 2 rings (SSSR count). The van der Waals surface area contributed by atoms with Crippen LogP contribution in [0.4, 0.5) is 5.69 Å². The lowest BCUT2D eigenvalue weighted by Gasteiger charge is -2.22. The Morgan fingerprint density at radius 3 is 2.38 bits per heavy atom. The molecular formula is C18H22BrNO. The maximum Gasteiger partial charge on any atom is 0.133 e. The fourth-order valence-corrected chi connectivity index (χ4v) is 2.93. The molecule has 0 amide bonds. The number of hydrogen-bond donors (Lipinski definition) is 1. The third-order valence-corrected chi connectivity index (χ3v) is 4.02. The summed E-state index contributed by atoms with van der Waals surface area (Å²) < 4.78 is 6.24. The number of halogens is 1. The fourth-order valence-electron chi connectivity index (χ4n) is 2.39. The minimum Gasteiger partial charge on any atom is -0.496 e. The topological polar surface area (TPSA) is 21.3 Å². The number of rotatable bonds is 6. The lowest BCUT2D eigenvalue weighted by molar-refractivity contribution is 0.412. The Bertz CT molecular complexity index is 569. The van der Waals surface area contributed by atoms with Crippen LogP contribution in [-0.2, 0) is 0 Å². The van der Waals surface area contributed by atoms with E-state index in [1.807, 2.05) is 6.07 Å². The Hall–Kier alpha value is -1.48. The monoisotopic (exact) mass is 347 g/mol. The van der Waals surface area contributed by atoms with Crippen molar-refractivity contribution in [3.8, 4) is 5.75 Å². The van der Waals surface area contributed by atoms with E-state index >= 15 is 0 Å². The van der Waals surface area contributed by atoms with Crippen LogP contribution in [0.5, 0.6) is 5.75 Å². The summed E-state index contributed by atoms with van der Waals surface area (Å²) in [6.45, 7) is 4.50. The van der Waals surface area contributed by atoms with Crippen molar-refractivity contribution in [3.05, 3.63) is 58.6 Å². The molecule has 0 spiro atoms. The van der Waals surface area contributed by atoms with Gasteiger partial charge in [0.2, 0.25) is 0 Å². The van der Waals surface area contributed by atoms with Gasteiger partial charge in [-0.05, 0) is 52.0 Å². The lowest BCUT2D eigenvalue weighted by Crippen LogP contribution is -2.13. The van der Waals surface area contributed by atoms with Gasteiger partial charge in [-0.3, -0.25) is 0 Å². The molecule has 21 heavy (non-hydrogen) atoms. The van der Waals surface area contributed by atoms with Crippen molar-refractivity contribution in [3.63, 3.8) is 0 Å². The van der Waals surface area contributed by atoms with Gasteiger partial charge in [0.05, 0.1) is 17.6 Å². The maximum atomic E-state index is 5.28. The first kappa shape index (κ1) is 15.9. The van der Waals surface area contributed by atoms with Gasteiger partial charge >= 0.3 is 0 Å². The molecule has 0 saturated heterocycles. The van der Waals surface area contributed by atoms with E-state index in [1.165, 1.54) is 5.56 Å². The summed E-state index contributed by atoms with van der Waals surface area (Å²) in [4.78, 5) is 0. The summed E-state index contributed by atoms with van der Waals surface area (Å²) >= 11 is 3.54. The number of methoxy groups -OCH3 is 1. The van der Waals surface area contributed by atoms with Crippen LogP contribution in [0.15, 0.2) is 53.0 Å². The van der Waals surface area contributed by atoms with Gasteiger partial charge in [-0.15, -0.1) is 0 Å². The minimum atomic E-state index is 0.312. The highest BCUT2D eigenvalue weighted by atomic mass is 79.9. The zero-order chi connectivity index (χ0) is 15.2. The fraction of sp³-hybridized carbons (Fsp3) is 0.333. The van der Waals surface area contributed by atoms with Crippen molar-refractivity contribution in [2.75, 3.05) is 12.4 Å². The summed E-state index contributed by atoms with van der Waals surface area (Å²) in [6.07, 6.45) is 1.09. The van der Waals surface area contributed by atoms with E-state index in [-0.39, 0.29) is 0 Å².